The Hall–Kier alpha value is -1.61. The number of rotatable bonds is 2. The van der Waals surface area contributed by atoms with Crippen molar-refractivity contribution in [3.05, 3.63) is 41.0 Å². The van der Waals surface area contributed by atoms with Crippen LogP contribution in [0.25, 0.3) is 11.3 Å². The molecule has 0 bridgehead atoms. The quantitative estimate of drug-likeness (QED) is 0.884. The molecule has 0 spiro atoms. The molecule has 0 amide bonds. The fraction of sp³-hybridized carbons (Fsp3) is 0.231. The Morgan fingerprint density at radius 3 is 2.88 bits per heavy atom. The second-order valence-corrected chi connectivity index (χ2v) is 4.73. The molecule has 2 N–H and O–H groups in total. The van der Waals surface area contributed by atoms with Crippen LogP contribution in [0.4, 0.5) is 5.95 Å². The lowest BCUT2D eigenvalue weighted by Gasteiger charge is -2.06. The minimum Gasteiger partial charge on any atom is -0.368 e. The Kier molecular flexibility index (Phi) is 2.48. The van der Waals surface area contributed by atoms with Crippen molar-refractivity contribution < 1.29 is 0 Å². The minimum absolute atomic E-state index is 0.251. The molecule has 1 aromatic heterocycles. The number of hydrogen-bond donors (Lipinski definition) is 1. The first kappa shape index (κ1) is 10.5. The number of benzene rings is 1. The molecule has 4 heteroatoms. The third kappa shape index (κ3) is 2.11. The highest BCUT2D eigenvalue weighted by molar-refractivity contribution is 6.32. The number of nitrogens with zero attached hydrogens (tertiary/aromatic N) is 2. The summed E-state index contributed by atoms with van der Waals surface area (Å²) in [5.41, 5.74) is 8.67. The van der Waals surface area contributed by atoms with Gasteiger partial charge in [-0.25, -0.2) is 9.97 Å². The fourth-order valence-electron chi connectivity index (χ4n) is 1.94. The second-order valence-electron chi connectivity index (χ2n) is 4.32. The van der Waals surface area contributed by atoms with Gasteiger partial charge in [0.05, 0.1) is 16.9 Å². The smallest absolute Gasteiger partial charge is 0.220 e. The topological polar surface area (TPSA) is 51.8 Å². The lowest BCUT2D eigenvalue weighted by atomic mass is 10.0. The van der Waals surface area contributed by atoms with Crippen molar-refractivity contribution >= 4 is 17.5 Å². The van der Waals surface area contributed by atoms with Crippen LogP contribution in [0.3, 0.4) is 0 Å². The van der Waals surface area contributed by atoms with E-state index in [-0.39, 0.29) is 5.95 Å². The summed E-state index contributed by atoms with van der Waals surface area (Å²) in [6.45, 7) is 0. The number of hydrogen-bond acceptors (Lipinski definition) is 3. The van der Waals surface area contributed by atoms with Crippen LogP contribution in [0.1, 0.15) is 24.3 Å². The van der Waals surface area contributed by atoms with Crippen molar-refractivity contribution in [2.45, 2.75) is 18.8 Å². The van der Waals surface area contributed by atoms with Crippen molar-refractivity contribution in [3.8, 4) is 11.3 Å². The molecule has 2 aromatic rings. The predicted molar refractivity (Wildman–Crippen MR) is 68.9 cm³/mol. The van der Waals surface area contributed by atoms with Gasteiger partial charge in [-0.1, -0.05) is 29.8 Å². The van der Waals surface area contributed by atoms with Crippen LogP contribution in [0.15, 0.2) is 30.5 Å². The van der Waals surface area contributed by atoms with E-state index in [0.29, 0.717) is 16.6 Å². The van der Waals surface area contributed by atoms with Gasteiger partial charge < -0.3 is 5.73 Å². The van der Waals surface area contributed by atoms with Gasteiger partial charge in [-0.3, -0.25) is 0 Å². The van der Waals surface area contributed by atoms with Crippen LogP contribution in [0, 0.1) is 0 Å². The van der Waals surface area contributed by atoms with E-state index in [4.69, 9.17) is 17.3 Å². The van der Waals surface area contributed by atoms with Crippen LogP contribution in [0.2, 0.25) is 5.02 Å². The maximum atomic E-state index is 6.10. The van der Waals surface area contributed by atoms with Gasteiger partial charge in [-0.15, -0.1) is 0 Å². The zero-order chi connectivity index (χ0) is 11.8. The molecule has 3 nitrogen and oxygen atoms in total. The van der Waals surface area contributed by atoms with Crippen LogP contribution < -0.4 is 5.73 Å². The van der Waals surface area contributed by atoms with E-state index in [0.717, 1.165) is 5.56 Å². The number of anilines is 1. The van der Waals surface area contributed by atoms with Crippen LogP contribution >= 0.6 is 11.6 Å². The third-order valence-corrected chi connectivity index (χ3v) is 3.25. The molecule has 0 atom stereocenters. The van der Waals surface area contributed by atoms with Gasteiger partial charge in [0.15, 0.2) is 0 Å². The largest absolute Gasteiger partial charge is 0.368 e. The minimum atomic E-state index is 0.251. The molecule has 17 heavy (non-hydrogen) atoms. The van der Waals surface area contributed by atoms with Gasteiger partial charge in [0.1, 0.15) is 0 Å². The van der Waals surface area contributed by atoms with Gasteiger partial charge in [0.2, 0.25) is 5.95 Å². The molecule has 1 aromatic carbocycles. The van der Waals surface area contributed by atoms with Gasteiger partial charge in [0, 0.05) is 5.56 Å². The normalized spacial score (nSPS) is 14.9. The van der Waals surface area contributed by atoms with Gasteiger partial charge in [0.25, 0.3) is 0 Å². The predicted octanol–water partition coefficient (Wildman–Crippen LogP) is 3.26. The average Bonchev–Trinajstić information content (AvgIpc) is 3.17. The van der Waals surface area contributed by atoms with E-state index in [1.54, 1.807) is 6.20 Å². The molecular weight excluding hydrogens is 234 g/mol. The SMILES string of the molecule is Nc1ncc(Cl)c(-c2cccc(C3CC3)c2)n1. The van der Waals surface area contributed by atoms with Crippen molar-refractivity contribution in [2.75, 3.05) is 5.73 Å². The first-order chi connectivity index (χ1) is 8.24. The molecule has 1 aliphatic carbocycles. The molecule has 86 valence electrons. The van der Waals surface area contributed by atoms with Crippen molar-refractivity contribution in [3.63, 3.8) is 0 Å². The zero-order valence-corrected chi connectivity index (χ0v) is 9.98. The summed E-state index contributed by atoms with van der Waals surface area (Å²) < 4.78 is 0. The summed E-state index contributed by atoms with van der Waals surface area (Å²) in [4.78, 5) is 8.07. The zero-order valence-electron chi connectivity index (χ0n) is 9.23. The maximum Gasteiger partial charge on any atom is 0.220 e. The summed E-state index contributed by atoms with van der Waals surface area (Å²) >= 11 is 6.10. The number of nitrogens with two attached hydrogens (primary N) is 1. The summed E-state index contributed by atoms with van der Waals surface area (Å²) in [6.07, 6.45) is 4.11. The fourth-order valence-corrected chi connectivity index (χ4v) is 2.14. The van der Waals surface area contributed by atoms with E-state index in [1.165, 1.54) is 18.4 Å². The highest BCUT2D eigenvalue weighted by Gasteiger charge is 2.23. The third-order valence-electron chi connectivity index (χ3n) is 2.97. The van der Waals surface area contributed by atoms with Gasteiger partial charge in [-0.2, -0.15) is 0 Å². The standard InChI is InChI=1S/C13H12ClN3/c14-11-7-16-13(15)17-12(11)10-3-1-2-9(6-10)8-4-5-8/h1-3,6-8H,4-5H2,(H2,15,16,17). The molecule has 1 fully saturated rings. The summed E-state index contributed by atoms with van der Waals surface area (Å²) in [6, 6.07) is 8.34. The molecule has 1 heterocycles. The van der Waals surface area contributed by atoms with E-state index in [2.05, 4.69) is 22.1 Å². The molecule has 1 saturated carbocycles. The van der Waals surface area contributed by atoms with Crippen molar-refractivity contribution in [2.24, 2.45) is 0 Å². The van der Waals surface area contributed by atoms with Crippen LogP contribution in [0.5, 0.6) is 0 Å². The molecule has 0 saturated heterocycles. The highest BCUT2D eigenvalue weighted by atomic mass is 35.5. The number of nitrogen functional groups attached to an aromatic ring is 1. The lowest BCUT2D eigenvalue weighted by molar-refractivity contribution is 1.13. The van der Waals surface area contributed by atoms with E-state index in [1.807, 2.05) is 12.1 Å². The van der Waals surface area contributed by atoms with E-state index < -0.39 is 0 Å². The average molecular weight is 246 g/mol. The van der Waals surface area contributed by atoms with E-state index >= 15 is 0 Å². The van der Waals surface area contributed by atoms with Gasteiger partial charge in [-0.05, 0) is 30.4 Å². The Morgan fingerprint density at radius 1 is 1.29 bits per heavy atom. The van der Waals surface area contributed by atoms with Crippen molar-refractivity contribution in [1.29, 1.82) is 0 Å². The summed E-state index contributed by atoms with van der Waals surface area (Å²) in [5.74, 6) is 0.967. The highest BCUT2D eigenvalue weighted by Crippen LogP contribution is 2.41. The monoisotopic (exact) mass is 245 g/mol. The molecule has 0 unspecified atom stereocenters. The second kappa shape index (κ2) is 4.00. The molecular formula is C13H12ClN3. The lowest BCUT2D eigenvalue weighted by Crippen LogP contribution is -1.96. The van der Waals surface area contributed by atoms with Crippen molar-refractivity contribution in [1.82, 2.24) is 9.97 Å². The summed E-state index contributed by atoms with van der Waals surface area (Å²) in [7, 11) is 0. The molecule has 3 rings (SSSR count). The van der Waals surface area contributed by atoms with Crippen LogP contribution in [-0.2, 0) is 0 Å². The molecule has 1 aliphatic rings. The van der Waals surface area contributed by atoms with Gasteiger partial charge >= 0.3 is 0 Å². The Bertz CT molecular complexity index is 564. The Balaban J connectivity index is 2.07. The number of aromatic nitrogens is 2. The Labute approximate surface area is 105 Å². The van der Waals surface area contributed by atoms with E-state index in [9.17, 15) is 0 Å². The Morgan fingerprint density at radius 2 is 2.12 bits per heavy atom. The molecule has 0 aliphatic heterocycles. The number of halogens is 1. The maximum absolute atomic E-state index is 6.10. The first-order valence-electron chi connectivity index (χ1n) is 5.62. The summed E-state index contributed by atoms with van der Waals surface area (Å²) in [5, 5.41) is 0.534. The first-order valence-corrected chi connectivity index (χ1v) is 6.00. The van der Waals surface area contributed by atoms with Crippen LogP contribution in [-0.4, -0.2) is 9.97 Å². The molecule has 0 radical (unpaired) electrons.